The predicted molar refractivity (Wildman–Crippen MR) is 74.8 cm³/mol. The van der Waals surface area contributed by atoms with Gasteiger partial charge in [-0.3, -0.25) is 0 Å². The van der Waals surface area contributed by atoms with Gasteiger partial charge >= 0.3 is 0 Å². The summed E-state index contributed by atoms with van der Waals surface area (Å²) in [6, 6.07) is 8.45. The van der Waals surface area contributed by atoms with E-state index in [4.69, 9.17) is 4.74 Å². The summed E-state index contributed by atoms with van der Waals surface area (Å²) in [4.78, 5) is 0. The molecule has 0 saturated heterocycles. The Bertz CT molecular complexity index is 328. The summed E-state index contributed by atoms with van der Waals surface area (Å²) in [6.07, 6.45) is 4.77. The molecule has 96 valence electrons. The molecule has 1 nitrogen and oxygen atoms in total. The topological polar surface area (TPSA) is 9.23 Å². The van der Waals surface area contributed by atoms with E-state index in [0.717, 1.165) is 25.2 Å². The first-order valence-corrected chi connectivity index (χ1v) is 6.84. The molecule has 0 heterocycles. The van der Waals surface area contributed by atoms with Crippen LogP contribution < -0.4 is 4.74 Å². The average Bonchev–Trinajstić information content (AvgIpc) is 2.35. The lowest BCUT2D eigenvalue weighted by Gasteiger charge is -2.26. The quantitative estimate of drug-likeness (QED) is 0.607. The molecule has 1 aromatic rings. The van der Waals surface area contributed by atoms with Gasteiger partial charge in [0, 0.05) is 0 Å². The van der Waals surface area contributed by atoms with Crippen LogP contribution in [0, 0.1) is 0 Å². The van der Waals surface area contributed by atoms with E-state index >= 15 is 0 Å². The van der Waals surface area contributed by atoms with Crippen molar-refractivity contribution in [3.05, 3.63) is 29.8 Å². The number of para-hydroxylation sites is 1. The fourth-order valence-corrected chi connectivity index (χ4v) is 1.88. The van der Waals surface area contributed by atoms with E-state index in [-0.39, 0.29) is 5.41 Å². The van der Waals surface area contributed by atoms with E-state index < -0.39 is 0 Å². The fraction of sp³-hybridized carbons (Fsp3) is 0.625. The highest BCUT2D eigenvalue weighted by atomic mass is 16.5. The molecule has 0 saturated carbocycles. The monoisotopic (exact) mass is 234 g/mol. The van der Waals surface area contributed by atoms with Gasteiger partial charge in [0.1, 0.15) is 5.75 Å². The molecule has 0 radical (unpaired) electrons. The standard InChI is InChI=1S/C16H26O/c1-5-7-10-13-17-15-12-9-8-11-14(15)16(3,4)6-2/h8-9,11-12H,5-7,10,13H2,1-4H3. The van der Waals surface area contributed by atoms with Crippen molar-refractivity contribution in [2.75, 3.05) is 6.61 Å². The molecule has 0 spiro atoms. The van der Waals surface area contributed by atoms with Gasteiger partial charge in [0.15, 0.2) is 0 Å². The molecule has 0 amide bonds. The Morgan fingerprint density at radius 1 is 1.06 bits per heavy atom. The predicted octanol–water partition coefficient (Wildman–Crippen LogP) is 4.94. The van der Waals surface area contributed by atoms with Gasteiger partial charge in [-0.2, -0.15) is 0 Å². The molecule has 0 aromatic heterocycles. The van der Waals surface area contributed by atoms with Crippen LogP contribution in [0.5, 0.6) is 5.75 Å². The molecule has 0 aliphatic carbocycles. The van der Waals surface area contributed by atoms with Crippen molar-refractivity contribution in [3.63, 3.8) is 0 Å². The van der Waals surface area contributed by atoms with Crippen LogP contribution in [0.25, 0.3) is 0 Å². The molecular weight excluding hydrogens is 208 g/mol. The first kappa shape index (κ1) is 14.1. The highest BCUT2D eigenvalue weighted by Crippen LogP contribution is 2.33. The summed E-state index contributed by atoms with van der Waals surface area (Å²) in [5.74, 6) is 1.07. The van der Waals surface area contributed by atoms with E-state index in [1.54, 1.807) is 0 Å². The zero-order chi connectivity index (χ0) is 12.7. The van der Waals surface area contributed by atoms with Gasteiger partial charge < -0.3 is 4.74 Å². The number of rotatable bonds is 7. The Morgan fingerprint density at radius 3 is 2.41 bits per heavy atom. The maximum absolute atomic E-state index is 5.93. The minimum absolute atomic E-state index is 0.196. The highest BCUT2D eigenvalue weighted by Gasteiger charge is 2.21. The number of hydrogen-bond acceptors (Lipinski definition) is 1. The number of ether oxygens (including phenoxy) is 1. The minimum Gasteiger partial charge on any atom is -0.493 e. The Hall–Kier alpha value is -0.980. The van der Waals surface area contributed by atoms with Gasteiger partial charge in [0.2, 0.25) is 0 Å². The van der Waals surface area contributed by atoms with Gasteiger partial charge in [0.25, 0.3) is 0 Å². The van der Waals surface area contributed by atoms with Crippen LogP contribution >= 0.6 is 0 Å². The largest absolute Gasteiger partial charge is 0.493 e. The lowest BCUT2D eigenvalue weighted by Crippen LogP contribution is -2.17. The van der Waals surface area contributed by atoms with Gasteiger partial charge in [-0.15, -0.1) is 0 Å². The second-order valence-electron chi connectivity index (χ2n) is 5.29. The molecule has 17 heavy (non-hydrogen) atoms. The van der Waals surface area contributed by atoms with Crippen molar-refractivity contribution in [3.8, 4) is 5.75 Å². The van der Waals surface area contributed by atoms with E-state index in [2.05, 4.69) is 52.0 Å². The Morgan fingerprint density at radius 2 is 1.76 bits per heavy atom. The van der Waals surface area contributed by atoms with Gasteiger partial charge in [-0.25, -0.2) is 0 Å². The SMILES string of the molecule is CCCCCOc1ccccc1C(C)(C)CC. The van der Waals surface area contributed by atoms with E-state index in [1.807, 2.05) is 0 Å². The molecular formula is C16H26O. The summed E-state index contributed by atoms with van der Waals surface area (Å²) in [5.41, 5.74) is 1.53. The first-order chi connectivity index (χ1) is 8.11. The van der Waals surface area contributed by atoms with Crippen LogP contribution in [0.15, 0.2) is 24.3 Å². The molecule has 1 aromatic carbocycles. The Kier molecular flexibility index (Phi) is 5.54. The minimum atomic E-state index is 0.196. The van der Waals surface area contributed by atoms with Crippen molar-refractivity contribution in [1.82, 2.24) is 0 Å². The zero-order valence-corrected chi connectivity index (χ0v) is 11.8. The van der Waals surface area contributed by atoms with Crippen molar-refractivity contribution in [2.24, 2.45) is 0 Å². The number of benzene rings is 1. The molecule has 0 bridgehead atoms. The van der Waals surface area contributed by atoms with Gasteiger partial charge in [0.05, 0.1) is 6.61 Å². The molecule has 0 aliphatic rings. The average molecular weight is 234 g/mol. The summed E-state index contributed by atoms with van der Waals surface area (Å²) in [5, 5.41) is 0. The molecule has 0 fully saturated rings. The fourth-order valence-electron chi connectivity index (χ4n) is 1.88. The maximum Gasteiger partial charge on any atom is 0.123 e. The normalized spacial score (nSPS) is 11.5. The molecule has 0 atom stereocenters. The van der Waals surface area contributed by atoms with E-state index in [9.17, 15) is 0 Å². The lowest BCUT2D eigenvalue weighted by atomic mass is 9.82. The molecule has 0 unspecified atom stereocenters. The Balaban J connectivity index is 2.71. The number of hydrogen-bond donors (Lipinski definition) is 0. The van der Waals surface area contributed by atoms with Crippen LogP contribution in [0.2, 0.25) is 0 Å². The zero-order valence-electron chi connectivity index (χ0n) is 11.8. The summed E-state index contributed by atoms with van der Waals surface area (Å²) >= 11 is 0. The molecule has 1 rings (SSSR count). The Labute approximate surface area is 106 Å². The smallest absolute Gasteiger partial charge is 0.123 e. The summed E-state index contributed by atoms with van der Waals surface area (Å²) in [7, 11) is 0. The van der Waals surface area contributed by atoms with Crippen LogP contribution in [0.1, 0.15) is 58.9 Å². The van der Waals surface area contributed by atoms with Crippen LogP contribution in [-0.2, 0) is 5.41 Å². The van der Waals surface area contributed by atoms with Crippen molar-refractivity contribution >= 4 is 0 Å². The van der Waals surface area contributed by atoms with Crippen molar-refractivity contribution in [2.45, 2.75) is 58.8 Å². The number of unbranched alkanes of at least 4 members (excludes halogenated alkanes) is 2. The summed E-state index contributed by atoms with van der Waals surface area (Å²) in [6.45, 7) is 9.84. The maximum atomic E-state index is 5.93. The van der Waals surface area contributed by atoms with Crippen LogP contribution in [-0.4, -0.2) is 6.61 Å². The highest BCUT2D eigenvalue weighted by molar-refractivity contribution is 5.38. The second-order valence-corrected chi connectivity index (χ2v) is 5.29. The third-order valence-electron chi connectivity index (χ3n) is 3.51. The lowest BCUT2D eigenvalue weighted by molar-refractivity contribution is 0.296. The first-order valence-electron chi connectivity index (χ1n) is 6.84. The third-order valence-corrected chi connectivity index (χ3v) is 3.51. The molecule has 0 aliphatic heterocycles. The molecule has 0 N–H and O–H groups in total. The van der Waals surface area contributed by atoms with E-state index in [0.29, 0.717) is 0 Å². The van der Waals surface area contributed by atoms with Crippen LogP contribution in [0.4, 0.5) is 0 Å². The third kappa shape index (κ3) is 4.07. The second kappa shape index (κ2) is 6.68. The van der Waals surface area contributed by atoms with Crippen molar-refractivity contribution in [1.29, 1.82) is 0 Å². The van der Waals surface area contributed by atoms with Gasteiger partial charge in [-0.05, 0) is 29.9 Å². The molecule has 1 heteroatoms. The van der Waals surface area contributed by atoms with E-state index in [1.165, 1.54) is 18.4 Å². The van der Waals surface area contributed by atoms with Crippen LogP contribution in [0.3, 0.4) is 0 Å². The van der Waals surface area contributed by atoms with Crippen molar-refractivity contribution < 1.29 is 4.74 Å². The van der Waals surface area contributed by atoms with Gasteiger partial charge in [-0.1, -0.05) is 58.7 Å². The summed E-state index contributed by atoms with van der Waals surface area (Å²) < 4.78 is 5.93.